The summed E-state index contributed by atoms with van der Waals surface area (Å²) in [5.41, 5.74) is 3.27. The highest BCUT2D eigenvalue weighted by Crippen LogP contribution is 2.29. The van der Waals surface area contributed by atoms with Crippen molar-refractivity contribution in [3.8, 4) is 22.5 Å². The molecule has 2 amide bonds. The Balaban J connectivity index is 0.000000359. The SMILES string of the molecule is CC.CC(C)C(C)(C)OB(O)c1cn(C)nc1-c1cccc(NC(=O)OC(C)(C)C)c1.Cn1cc(Br)c(-c2cccc(NC(=O)OC(C)(C)C)c2)n1. The molecule has 0 fully saturated rings. The van der Waals surface area contributed by atoms with Crippen LogP contribution in [0.4, 0.5) is 21.0 Å². The topological polar surface area (TPSA) is 142 Å². The fraction of sp³-hybridized carbons (Fsp3) is 0.474. The summed E-state index contributed by atoms with van der Waals surface area (Å²) in [5.74, 6) is 0.221. The molecule has 0 aliphatic rings. The molecule has 0 aliphatic heterocycles. The number of aryl methyl sites for hydroxylation is 2. The largest absolute Gasteiger partial charge is 0.495 e. The Bertz CT molecular complexity index is 1770. The van der Waals surface area contributed by atoms with Crippen LogP contribution in [0, 0.1) is 5.92 Å². The average Bonchev–Trinajstić information content (AvgIpc) is 3.57. The van der Waals surface area contributed by atoms with Crippen LogP contribution in [-0.4, -0.2) is 60.7 Å². The molecule has 0 atom stereocenters. The Morgan fingerprint density at radius 3 is 1.60 bits per heavy atom. The van der Waals surface area contributed by atoms with Crippen molar-refractivity contribution >= 4 is 52.1 Å². The quantitative estimate of drug-likeness (QED) is 0.151. The Morgan fingerprint density at radius 1 is 0.769 bits per heavy atom. The molecule has 14 heteroatoms. The first kappa shape index (κ1) is 44.0. The molecule has 0 saturated carbocycles. The Morgan fingerprint density at radius 2 is 1.19 bits per heavy atom. The van der Waals surface area contributed by atoms with Crippen molar-refractivity contribution in [2.45, 2.75) is 99.9 Å². The summed E-state index contributed by atoms with van der Waals surface area (Å²) in [6, 6.07) is 14.7. The fourth-order valence-corrected chi connectivity index (χ4v) is 4.99. The number of anilines is 2. The van der Waals surface area contributed by atoms with Gasteiger partial charge in [0, 0.05) is 54.5 Å². The molecular formula is C38H56BBrN6O6. The highest BCUT2D eigenvalue weighted by Gasteiger charge is 2.33. The van der Waals surface area contributed by atoms with Gasteiger partial charge >= 0.3 is 19.3 Å². The molecule has 0 spiro atoms. The van der Waals surface area contributed by atoms with E-state index in [1.165, 1.54) is 0 Å². The van der Waals surface area contributed by atoms with E-state index in [0.29, 0.717) is 22.5 Å². The Labute approximate surface area is 317 Å². The second-order valence-corrected chi connectivity index (χ2v) is 15.6. The first-order valence-corrected chi connectivity index (χ1v) is 18.1. The maximum Gasteiger partial charge on any atom is 0.495 e. The maximum atomic E-state index is 12.1. The van der Waals surface area contributed by atoms with Gasteiger partial charge in [0.15, 0.2) is 0 Å². The van der Waals surface area contributed by atoms with Crippen LogP contribution in [0.1, 0.15) is 83.1 Å². The smallest absolute Gasteiger partial charge is 0.444 e. The summed E-state index contributed by atoms with van der Waals surface area (Å²) in [5, 5.41) is 25.1. The number of aromatic nitrogens is 4. The lowest BCUT2D eigenvalue weighted by Crippen LogP contribution is -2.44. The number of benzene rings is 2. The van der Waals surface area contributed by atoms with E-state index in [-0.39, 0.29) is 5.92 Å². The highest BCUT2D eigenvalue weighted by atomic mass is 79.9. The number of nitrogens with one attached hydrogen (secondary N) is 2. The lowest BCUT2D eigenvalue weighted by molar-refractivity contribution is 0.0423. The molecule has 52 heavy (non-hydrogen) atoms. The second-order valence-electron chi connectivity index (χ2n) is 14.7. The lowest BCUT2D eigenvalue weighted by atomic mass is 9.76. The van der Waals surface area contributed by atoms with Crippen LogP contribution in [0.2, 0.25) is 0 Å². The third-order valence-corrected chi connectivity index (χ3v) is 7.86. The van der Waals surface area contributed by atoms with Gasteiger partial charge in [0.05, 0.1) is 15.8 Å². The van der Waals surface area contributed by atoms with E-state index in [1.807, 2.05) is 133 Å². The van der Waals surface area contributed by atoms with Gasteiger partial charge in [-0.3, -0.25) is 20.0 Å². The minimum Gasteiger partial charge on any atom is -0.444 e. The summed E-state index contributed by atoms with van der Waals surface area (Å²) in [4.78, 5) is 23.8. The van der Waals surface area contributed by atoms with E-state index in [1.54, 1.807) is 34.7 Å². The maximum absolute atomic E-state index is 12.1. The number of rotatable bonds is 8. The van der Waals surface area contributed by atoms with Crippen LogP contribution in [0.5, 0.6) is 0 Å². The normalized spacial score (nSPS) is 11.5. The van der Waals surface area contributed by atoms with Crippen molar-refractivity contribution in [1.82, 2.24) is 19.6 Å². The molecule has 0 bridgehead atoms. The molecule has 0 aliphatic carbocycles. The van der Waals surface area contributed by atoms with Gasteiger partial charge < -0.3 is 19.2 Å². The van der Waals surface area contributed by atoms with Crippen molar-refractivity contribution in [2.75, 3.05) is 10.6 Å². The molecule has 284 valence electrons. The van der Waals surface area contributed by atoms with E-state index in [2.05, 4.69) is 36.8 Å². The molecule has 4 rings (SSSR count). The van der Waals surface area contributed by atoms with E-state index in [9.17, 15) is 14.6 Å². The van der Waals surface area contributed by atoms with Crippen molar-refractivity contribution in [3.05, 3.63) is 65.4 Å². The lowest BCUT2D eigenvalue weighted by Gasteiger charge is -2.31. The zero-order valence-electron chi connectivity index (χ0n) is 33.1. The molecule has 2 aromatic heterocycles. The van der Waals surface area contributed by atoms with Gasteiger partial charge in [-0.05, 0) is 102 Å². The third kappa shape index (κ3) is 14.1. The van der Waals surface area contributed by atoms with E-state index < -0.39 is 36.1 Å². The average molecular weight is 784 g/mol. The molecule has 2 aromatic carbocycles. The monoisotopic (exact) mass is 782 g/mol. The van der Waals surface area contributed by atoms with Crippen LogP contribution in [0.15, 0.2) is 65.4 Å². The Hall–Kier alpha value is -4.14. The first-order valence-electron chi connectivity index (χ1n) is 17.3. The van der Waals surface area contributed by atoms with Crippen LogP contribution < -0.4 is 16.1 Å². The zero-order valence-corrected chi connectivity index (χ0v) is 34.7. The van der Waals surface area contributed by atoms with Gasteiger partial charge in [0.25, 0.3) is 0 Å². The van der Waals surface area contributed by atoms with Gasteiger partial charge in [-0.15, -0.1) is 0 Å². The molecule has 4 aromatic rings. The standard InChI is InChI=1S/C21H32BN3O4.C15H18BrN3O2.C2H6/c1-14(2)21(6,7)29-22(27)17-13-25(8)24-18(17)15-10-9-11-16(12-15)23-19(26)28-20(3,4)5;1-15(2,3)21-14(20)17-11-7-5-6-10(8-11)13-12(16)9-19(4)18-13;1-2/h9-14,27H,1-8H3,(H,23,26);5-9H,1-4H3,(H,17,20);1-2H3. The van der Waals surface area contributed by atoms with E-state index in [4.69, 9.17) is 14.1 Å². The molecule has 2 heterocycles. The minimum absolute atomic E-state index is 0.221. The van der Waals surface area contributed by atoms with Gasteiger partial charge in [-0.25, -0.2) is 9.59 Å². The van der Waals surface area contributed by atoms with Crippen molar-refractivity contribution in [2.24, 2.45) is 20.0 Å². The number of amides is 2. The number of carbonyl (C=O) groups excluding carboxylic acids is 2. The van der Waals surface area contributed by atoms with E-state index >= 15 is 0 Å². The summed E-state index contributed by atoms with van der Waals surface area (Å²) >= 11 is 3.47. The zero-order chi connectivity index (χ0) is 39.6. The third-order valence-electron chi connectivity index (χ3n) is 7.28. The molecular weight excluding hydrogens is 727 g/mol. The molecule has 0 saturated heterocycles. The van der Waals surface area contributed by atoms with Crippen molar-refractivity contribution < 1.29 is 28.7 Å². The molecule has 12 nitrogen and oxygen atoms in total. The second kappa shape index (κ2) is 18.6. The van der Waals surface area contributed by atoms with Gasteiger partial charge in [-0.2, -0.15) is 10.2 Å². The summed E-state index contributed by atoms with van der Waals surface area (Å²) in [7, 11) is 2.52. The van der Waals surface area contributed by atoms with Crippen molar-refractivity contribution in [1.29, 1.82) is 0 Å². The van der Waals surface area contributed by atoms with Crippen LogP contribution in [-0.2, 0) is 28.2 Å². The number of nitrogens with zero attached hydrogens (tertiary/aromatic N) is 4. The molecule has 0 radical (unpaired) electrons. The molecule has 3 N–H and O–H groups in total. The number of hydrogen-bond donors (Lipinski definition) is 3. The van der Waals surface area contributed by atoms with Gasteiger partial charge in [-0.1, -0.05) is 52.0 Å². The minimum atomic E-state index is -1.13. The van der Waals surface area contributed by atoms with E-state index in [0.717, 1.165) is 21.3 Å². The summed E-state index contributed by atoms with van der Waals surface area (Å²) < 4.78 is 20.7. The van der Waals surface area contributed by atoms with Gasteiger partial charge in [0.2, 0.25) is 0 Å². The number of hydrogen-bond acceptors (Lipinski definition) is 8. The number of ether oxygens (including phenoxy) is 2. The highest BCUT2D eigenvalue weighted by molar-refractivity contribution is 9.10. The summed E-state index contributed by atoms with van der Waals surface area (Å²) in [6.45, 7) is 22.9. The number of carbonyl (C=O) groups is 2. The predicted molar refractivity (Wildman–Crippen MR) is 214 cm³/mol. The fourth-order valence-electron chi connectivity index (χ4n) is 4.39. The predicted octanol–water partition coefficient (Wildman–Crippen LogP) is 8.80. The Kier molecular flexibility index (Phi) is 15.7. The van der Waals surface area contributed by atoms with Crippen LogP contribution >= 0.6 is 15.9 Å². The summed E-state index contributed by atoms with van der Waals surface area (Å²) in [6.07, 6.45) is 2.62. The van der Waals surface area contributed by atoms with Crippen molar-refractivity contribution in [3.63, 3.8) is 0 Å². The molecule has 0 unspecified atom stereocenters. The van der Waals surface area contributed by atoms with Gasteiger partial charge in [0.1, 0.15) is 16.9 Å². The number of halogens is 1. The first-order chi connectivity index (χ1) is 24.0. The van der Waals surface area contributed by atoms with Crippen LogP contribution in [0.3, 0.4) is 0 Å². The van der Waals surface area contributed by atoms with Crippen LogP contribution in [0.25, 0.3) is 22.5 Å².